The van der Waals surface area contributed by atoms with Crippen LogP contribution in [0.1, 0.15) is 43.5 Å². The molecule has 0 heterocycles. The largest absolute Gasteiger partial charge is 0.303 e. The van der Waals surface area contributed by atoms with Gasteiger partial charge < -0.3 is 4.90 Å². The molecule has 0 spiro atoms. The zero-order valence-corrected chi connectivity index (χ0v) is 13.1. The third kappa shape index (κ3) is 5.13. The number of rotatable bonds is 8. The van der Waals surface area contributed by atoms with E-state index in [1.165, 1.54) is 0 Å². The summed E-state index contributed by atoms with van der Waals surface area (Å²) >= 11 is 12.0. The van der Waals surface area contributed by atoms with Crippen LogP contribution < -0.4 is 0 Å². The van der Waals surface area contributed by atoms with Crippen LogP contribution in [-0.4, -0.2) is 30.3 Å². The van der Waals surface area contributed by atoms with Crippen molar-refractivity contribution < 1.29 is 4.79 Å². The van der Waals surface area contributed by atoms with Crippen LogP contribution in [0.3, 0.4) is 0 Å². The first kappa shape index (κ1) is 16.5. The van der Waals surface area contributed by atoms with Crippen LogP contribution in [0.15, 0.2) is 18.2 Å². The minimum Gasteiger partial charge on any atom is -0.303 e. The second-order valence-electron chi connectivity index (χ2n) is 4.62. The second-order valence-corrected chi connectivity index (χ2v) is 5.40. The maximum Gasteiger partial charge on any atom is 0.165 e. The molecular formula is C15H21Cl2NO. The van der Waals surface area contributed by atoms with Crippen molar-refractivity contribution in [3.63, 3.8) is 0 Å². The molecule has 0 bridgehead atoms. The van der Waals surface area contributed by atoms with Crippen LogP contribution in [0.4, 0.5) is 0 Å². The van der Waals surface area contributed by atoms with E-state index < -0.39 is 0 Å². The summed E-state index contributed by atoms with van der Waals surface area (Å²) < 4.78 is 0. The van der Waals surface area contributed by atoms with Gasteiger partial charge in [0.15, 0.2) is 5.78 Å². The molecule has 0 aromatic heterocycles. The Bertz CT molecular complexity index is 415. The Morgan fingerprint density at radius 1 is 1.11 bits per heavy atom. The topological polar surface area (TPSA) is 20.3 Å². The fraction of sp³-hybridized carbons (Fsp3) is 0.533. The molecule has 19 heavy (non-hydrogen) atoms. The van der Waals surface area contributed by atoms with Gasteiger partial charge in [0.1, 0.15) is 0 Å². The molecule has 2 nitrogen and oxygen atoms in total. The summed E-state index contributed by atoms with van der Waals surface area (Å²) in [6, 6.07) is 5.19. The number of nitrogens with zero attached hydrogens (tertiary/aromatic N) is 1. The minimum atomic E-state index is 0.0599. The van der Waals surface area contributed by atoms with Crippen molar-refractivity contribution in [2.45, 2.75) is 33.1 Å². The van der Waals surface area contributed by atoms with E-state index >= 15 is 0 Å². The van der Waals surface area contributed by atoms with Gasteiger partial charge in [-0.3, -0.25) is 4.79 Å². The van der Waals surface area contributed by atoms with Crippen LogP contribution in [0.2, 0.25) is 10.0 Å². The average Bonchev–Trinajstić information content (AvgIpc) is 2.39. The lowest BCUT2D eigenvalue weighted by atomic mass is 10.1. The summed E-state index contributed by atoms with van der Waals surface area (Å²) in [7, 11) is 0. The molecule has 1 rings (SSSR count). The van der Waals surface area contributed by atoms with Crippen molar-refractivity contribution in [3.8, 4) is 0 Å². The molecule has 0 aliphatic rings. The zero-order valence-electron chi connectivity index (χ0n) is 11.6. The molecule has 0 amide bonds. The Balaban J connectivity index is 2.61. The third-order valence-corrected chi connectivity index (χ3v) is 3.81. The Morgan fingerprint density at radius 2 is 1.74 bits per heavy atom. The van der Waals surface area contributed by atoms with Gasteiger partial charge in [0, 0.05) is 18.5 Å². The number of halogens is 2. The highest BCUT2D eigenvalue weighted by atomic mass is 35.5. The van der Waals surface area contributed by atoms with Crippen molar-refractivity contribution >= 4 is 29.0 Å². The van der Waals surface area contributed by atoms with E-state index in [1.807, 2.05) is 0 Å². The lowest BCUT2D eigenvalue weighted by molar-refractivity contribution is 0.0964. The number of carbonyl (C=O) groups is 1. The first-order valence-corrected chi connectivity index (χ1v) is 7.55. The van der Waals surface area contributed by atoms with E-state index in [1.54, 1.807) is 18.2 Å². The molecule has 1 aromatic rings. The highest BCUT2D eigenvalue weighted by molar-refractivity contribution is 6.43. The molecule has 0 aliphatic heterocycles. The predicted octanol–water partition coefficient (Wildman–Crippen LogP) is 4.69. The van der Waals surface area contributed by atoms with E-state index in [4.69, 9.17) is 23.2 Å². The summed E-state index contributed by atoms with van der Waals surface area (Å²) in [5.41, 5.74) is 0.530. The second kappa shape index (κ2) is 8.57. The van der Waals surface area contributed by atoms with Gasteiger partial charge in [-0.15, -0.1) is 0 Å². The monoisotopic (exact) mass is 301 g/mol. The Labute approximate surface area is 125 Å². The van der Waals surface area contributed by atoms with Gasteiger partial charge in [0.2, 0.25) is 0 Å². The van der Waals surface area contributed by atoms with E-state index in [9.17, 15) is 4.79 Å². The van der Waals surface area contributed by atoms with Crippen LogP contribution >= 0.6 is 23.2 Å². The van der Waals surface area contributed by atoms with Gasteiger partial charge in [-0.2, -0.15) is 0 Å². The number of ketones is 1. The maximum atomic E-state index is 12.2. The standard InChI is InChI=1S/C15H21Cl2NO/c1-3-9-18(10-4-2)11-8-14(19)12-6-5-7-13(16)15(12)17/h5-7H,3-4,8-11H2,1-2H3. The first-order chi connectivity index (χ1) is 9.10. The predicted molar refractivity (Wildman–Crippen MR) is 82.4 cm³/mol. The molecule has 4 heteroatoms. The van der Waals surface area contributed by atoms with Gasteiger partial charge in [-0.05, 0) is 38.1 Å². The zero-order chi connectivity index (χ0) is 14.3. The lowest BCUT2D eigenvalue weighted by Gasteiger charge is -2.20. The van der Waals surface area contributed by atoms with Crippen molar-refractivity contribution in [1.29, 1.82) is 0 Å². The molecule has 106 valence electrons. The molecule has 0 fully saturated rings. The molecule has 0 N–H and O–H groups in total. The van der Waals surface area contributed by atoms with Crippen LogP contribution in [0, 0.1) is 0 Å². The summed E-state index contributed by atoms with van der Waals surface area (Å²) in [6.45, 7) is 7.15. The van der Waals surface area contributed by atoms with Crippen LogP contribution in [0.5, 0.6) is 0 Å². The van der Waals surface area contributed by atoms with E-state index in [2.05, 4.69) is 18.7 Å². The van der Waals surface area contributed by atoms with Gasteiger partial charge >= 0.3 is 0 Å². The highest BCUT2D eigenvalue weighted by Crippen LogP contribution is 2.26. The normalized spacial score (nSPS) is 11.0. The minimum absolute atomic E-state index is 0.0599. The van der Waals surface area contributed by atoms with Gasteiger partial charge in [0.05, 0.1) is 10.0 Å². The van der Waals surface area contributed by atoms with Crippen molar-refractivity contribution in [3.05, 3.63) is 33.8 Å². The third-order valence-electron chi connectivity index (χ3n) is 2.99. The van der Waals surface area contributed by atoms with Gasteiger partial charge in [0.25, 0.3) is 0 Å². The number of hydrogen-bond donors (Lipinski definition) is 0. The molecule has 0 radical (unpaired) electrons. The number of benzene rings is 1. The lowest BCUT2D eigenvalue weighted by Crippen LogP contribution is -2.28. The molecule has 0 atom stereocenters. The Kier molecular flexibility index (Phi) is 7.44. The first-order valence-electron chi connectivity index (χ1n) is 6.79. The number of Topliss-reactive ketones (excluding diaryl/α,β-unsaturated/α-hetero) is 1. The molecule has 1 aromatic carbocycles. The van der Waals surface area contributed by atoms with Crippen molar-refractivity contribution in [2.24, 2.45) is 0 Å². The highest BCUT2D eigenvalue weighted by Gasteiger charge is 2.13. The van der Waals surface area contributed by atoms with E-state index in [0.717, 1.165) is 32.5 Å². The van der Waals surface area contributed by atoms with Gasteiger partial charge in [-0.1, -0.05) is 43.1 Å². The summed E-state index contributed by atoms with van der Waals surface area (Å²) in [6.07, 6.45) is 2.69. The smallest absolute Gasteiger partial charge is 0.165 e. The van der Waals surface area contributed by atoms with Gasteiger partial charge in [-0.25, -0.2) is 0 Å². The van der Waals surface area contributed by atoms with Crippen LogP contribution in [-0.2, 0) is 0 Å². The van der Waals surface area contributed by atoms with Crippen LogP contribution in [0.25, 0.3) is 0 Å². The van der Waals surface area contributed by atoms with Crippen molar-refractivity contribution in [2.75, 3.05) is 19.6 Å². The maximum absolute atomic E-state index is 12.2. The summed E-state index contributed by atoms with van der Waals surface area (Å²) in [4.78, 5) is 14.5. The molecule has 0 saturated heterocycles. The Hall–Kier alpha value is -0.570. The Morgan fingerprint density at radius 3 is 2.32 bits per heavy atom. The fourth-order valence-electron chi connectivity index (χ4n) is 2.08. The SMILES string of the molecule is CCCN(CCC)CCC(=O)c1cccc(Cl)c1Cl. The van der Waals surface area contributed by atoms with E-state index in [0.29, 0.717) is 22.0 Å². The molecule has 0 saturated carbocycles. The fourth-order valence-corrected chi connectivity index (χ4v) is 2.49. The summed E-state index contributed by atoms with van der Waals surface area (Å²) in [5.74, 6) is 0.0599. The molecular weight excluding hydrogens is 281 g/mol. The summed E-state index contributed by atoms with van der Waals surface area (Å²) in [5, 5.41) is 0.804. The molecule has 0 unspecified atom stereocenters. The van der Waals surface area contributed by atoms with E-state index in [-0.39, 0.29) is 5.78 Å². The molecule has 0 aliphatic carbocycles. The quantitative estimate of drug-likeness (QED) is 0.649. The number of hydrogen-bond acceptors (Lipinski definition) is 2. The number of carbonyl (C=O) groups excluding carboxylic acids is 1. The van der Waals surface area contributed by atoms with Crippen molar-refractivity contribution in [1.82, 2.24) is 4.90 Å². The average molecular weight is 302 g/mol.